The topological polar surface area (TPSA) is 90.0 Å². The summed E-state index contributed by atoms with van der Waals surface area (Å²) < 4.78 is 6.89. The van der Waals surface area contributed by atoms with Gasteiger partial charge in [-0.3, -0.25) is 14.3 Å². The first-order chi connectivity index (χ1) is 14.0. The summed E-state index contributed by atoms with van der Waals surface area (Å²) in [6, 6.07) is 5.13. The van der Waals surface area contributed by atoms with E-state index in [1.54, 1.807) is 35.9 Å². The molecular formula is C20H24ClN4O3P. The van der Waals surface area contributed by atoms with Gasteiger partial charge in [-0.1, -0.05) is 24.9 Å². The van der Waals surface area contributed by atoms with E-state index >= 15 is 0 Å². The first-order valence-electron chi connectivity index (χ1n) is 9.59. The zero-order chi connectivity index (χ0) is 20.8. The van der Waals surface area contributed by atoms with Crippen LogP contribution in [0.3, 0.4) is 0 Å². The highest BCUT2D eigenvalue weighted by Gasteiger charge is 2.16. The van der Waals surface area contributed by atoms with Crippen molar-refractivity contribution >= 4 is 37.5 Å². The number of oxazole rings is 1. The minimum Gasteiger partial charge on any atom is -0.406 e. The Morgan fingerprint density at radius 2 is 2.21 bits per heavy atom. The lowest BCUT2D eigenvalue weighted by Crippen LogP contribution is -2.21. The van der Waals surface area contributed by atoms with Gasteiger partial charge in [0.15, 0.2) is 11.2 Å². The molecular weight excluding hydrogens is 411 g/mol. The number of nitrogens with zero attached hydrogens (tertiary/aromatic N) is 3. The molecule has 7 nitrogen and oxygen atoms in total. The quantitative estimate of drug-likeness (QED) is 0.403. The van der Waals surface area contributed by atoms with Crippen molar-refractivity contribution in [3.8, 4) is 0 Å². The second-order valence-corrected chi connectivity index (χ2v) is 8.45. The van der Waals surface area contributed by atoms with Crippen molar-refractivity contribution in [1.29, 1.82) is 0 Å². The number of fused-ring (bicyclic) bond motifs is 1. The van der Waals surface area contributed by atoms with Gasteiger partial charge < -0.3 is 9.50 Å². The highest BCUT2D eigenvalue weighted by molar-refractivity contribution is 7.36. The van der Waals surface area contributed by atoms with Crippen LogP contribution in [0.4, 0.5) is 0 Å². The molecule has 3 heterocycles. The van der Waals surface area contributed by atoms with E-state index in [1.165, 1.54) is 6.20 Å². The molecule has 0 spiro atoms. The molecule has 0 aromatic carbocycles. The lowest BCUT2D eigenvalue weighted by Gasteiger charge is -2.16. The van der Waals surface area contributed by atoms with Crippen LogP contribution in [-0.4, -0.2) is 26.6 Å². The fraction of sp³-hybridized carbons (Fsp3) is 0.400. The third-order valence-corrected chi connectivity index (χ3v) is 5.89. The molecule has 2 atom stereocenters. The number of aromatic nitrogens is 3. The number of nitrogens with one attached hydrogen (secondary N) is 1. The Morgan fingerprint density at radius 1 is 1.38 bits per heavy atom. The Hall–Kier alpha value is -2.24. The van der Waals surface area contributed by atoms with Crippen molar-refractivity contribution < 1.29 is 9.21 Å². The Kier molecular flexibility index (Phi) is 7.40. The van der Waals surface area contributed by atoms with E-state index in [0.717, 1.165) is 25.4 Å². The van der Waals surface area contributed by atoms with Crippen molar-refractivity contribution in [3.63, 3.8) is 0 Å². The molecule has 3 rings (SSSR count). The lowest BCUT2D eigenvalue weighted by molar-refractivity contribution is 0.0982. The second kappa shape index (κ2) is 9.99. The number of hydrogen-bond donors (Lipinski definition) is 1. The fourth-order valence-corrected chi connectivity index (χ4v) is 4.41. The third kappa shape index (κ3) is 5.43. The molecule has 0 saturated carbocycles. The molecule has 0 saturated heterocycles. The third-order valence-electron chi connectivity index (χ3n) is 4.74. The van der Waals surface area contributed by atoms with Crippen LogP contribution in [0.2, 0.25) is 5.02 Å². The number of amides is 1. The number of carbonyl (C=O) groups excluding carboxylic acids is 1. The molecule has 0 aliphatic carbocycles. The highest BCUT2D eigenvalue weighted by atomic mass is 35.5. The maximum absolute atomic E-state index is 12.4. The largest absolute Gasteiger partial charge is 0.421 e. The number of carbonyl (C=O) groups is 1. The van der Waals surface area contributed by atoms with Gasteiger partial charge in [0.2, 0.25) is 0 Å². The van der Waals surface area contributed by atoms with Gasteiger partial charge >= 0.3 is 5.76 Å². The van der Waals surface area contributed by atoms with Crippen LogP contribution in [0, 0.1) is 12.8 Å². The number of hydrogen-bond acceptors (Lipinski definition) is 5. The van der Waals surface area contributed by atoms with Crippen LogP contribution in [-0.2, 0) is 6.54 Å². The minimum atomic E-state index is -0.375. The minimum absolute atomic E-state index is 0.163. The van der Waals surface area contributed by atoms with E-state index in [0.29, 0.717) is 40.0 Å². The summed E-state index contributed by atoms with van der Waals surface area (Å²) in [5.41, 5.74) is 2.24. The zero-order valence-corrected chi connectivity index (χ0v) is 18.2. The molecule has 0 fully saturated rings. The zero-order valence-electron chi connectivity index (χ0n) is 16.4. The molecule has 2 unspecified atom stereocenters. The summed E-state index contributed by atoms with van der Waals surface area (Å²) in [7, 11) is 0.278. The van der Waals surface area contributed by atoms with Crippen molar-refractivity contribution in [2.75, 3.05) is 6.16 Å². The van der Waals surface area contributed by atoms with Crippen LogP contribution >= 0.6 is 20.3 Å². The Bertz CT molecular complexity index is 1050. The average Bonchev–Trinajstić information content (AvgIpc) is 3.02. The normalized spacial score (nSPS) is 12.7. The average molecular weight is 435 g/mol. The Morgan fingerprint density at radius 3 is 3.00 bits per heavy atom. The summed E-state index contributed by atoms with van der Waals surface area (Å²) in [6.45, 7) is 4.47. The predicted octanol–water partition coefficient (Wildman–Crippen LogP) is 4.18. The molecule has 0 aliphatic rings. The summed E-state index contributed by atoms with van der Waals surface area (Å²) in [5.74, 6) is -0.233. The van der Waals surface area contributed by atoms with Crippen molar-refractivity contribution in [2.24, 2.45) is 5.92 Å². The molecule has 9 heteroatoms. The lowest BCUT2D eigenvalue weighted by atomic mass is 10.0. The van der Waals surface area contributed by atoms with Gasteiger partial charge in [0.25, 0.3) is 5.91 Å². The first kappa shape index (κ1) is 21.5. The van der Waals surface area contributed by atoms with E-state index in [9.17, 15) is 9.59 Å². The number of rotatable bonds is 9. The van der Waals surface area contributed by atoms with E-state index in [2.05, 4.69) is 22.0 Å². The predicted molar refractivity (Wildman–Crippen MR) is 116 cm³/mol. The SMILES string of the molecule is CCCC(CCPNC(=O)c1cc(Cl)cnc1C)Cn1c(=O)oc2cccnc21. The Balaban J connectivity index is 1.57. The molecule has 154 valence electrons. The molecule has 29 heavy (non-hydrogen) atoms. The fourth-order valence-electron chi connectivity index (χ4n) is 3.28. The van der Waals surface area contributed by atoms with E-state index in [4.69, 9.17) is 16.0 Å². The van der Waals surface area contributed by atoms with Crippen molar-refractivity contribution in [1.82, 2.24) is 19.6 Å². The van der Waals surface area contributed by atoms with Gasteiger partial charge in [0, 0.05) is 18.9 Å². The number of halogens is 1. The molecule has 3 aromatic heterocycles. The first-order valence-corrected chi connectivity index (χ1v) is 11.2. The van der Waals surface area contributed by atoms with Crippen molar-refractivity contribution in [2.45, 2.75) is 39.7 Å². The smallest absolute Gasteiger partial charge is 0.406 e. The summed E-state index contributed by atoms with van der Waals surface area (Å²) in [4.78, 5) is 33.0. The van der Waals surface area contributed by atoms with Gasteiger partial charge in [-0.15, -0.1) is 0 Å². The summed E-state index contributed by atoms with van der Waals surface area (Å²) in [6.07, 6.45) is 6.92. The maximum Gasteiger partial charge on any atom is 0.421 e. The maximum atomic E-state index is 12.4. The van der Waals surface area contributed by atoms with Gasteiger partial charge in [-0.25, -0.2) is 9.78 Å². The molecule has 0 aliphatic heterocycles. The molecule has 0 bridgehead atoms. The van der Waals surface area contributed by atoms with Crippen molar-refractivity contribution in [3.05, 3.63) is 57.4 Å². The summed E-state index contributed by atoms with van der Waals surface area (Å²) in [5, 5.41) is 3.40. The second-order valence-electron chi connectivity index (χ2n) is 6.91. The van der Waals surface area contributed by atoms with Gasteiger partial charge in [-0.2, -0.15) is 0 Å². The van der Waals surface area contributed by atoms with Crippen LogP contribution in [0.5, 0.6) is 0 Å². The van der Waals surface area contributed by atoms with Crippen LogP contribution < -0.4 is 10.8 Å². The van der Waals surface area contributed by atoms with Gasteiger partial charge in [0.1, 0.15) is 0 Å². The number of pyridine rings is 2. The summed E-state index contributed by atoms with van der Waals surface area (Å²) >= 11 is 5.94. The molecule has 1 amide bonds. The monoisotopic (exact) mass is 434 g/mol. The van der Waals surface area contributed by atoms with Crippen LogP contribution in [0.15, 0.2) is 39.8 Å². The van der Waals surface area contributed by atoms with E-state index in [-0.39, 0.29) is 20.4 Å². The molecule has 3 aromatic rings. The van der Waals surface area contributed by atoms with Gasteiger partial charge in [-0.05, 0) is 58.8 Å². The van der Waals surface area contributed by atoms with Crippen LogP contribution in [0.25, 0.3) is 11.2 Å². The molecule has 0 radical (unpaired) electrons. The van der Waals surface area contributed by atoms with Gasteiger partial charge in [0.05, 0.1) is 16.3 Å². The number of aryl methyl sites for hydroxylation is 1. The Labute approximate surface area is 175 Å². The van der Waals surface area contributed by atoms with Crippen LogP contribution in [0.1, 0.15) is 42.2 Å². The standard InChI is InChI=1S/C20H24ClN4O3P/c1-3-5-14(12-25-18-17(28-20(25)27)6-4-8-22-18)7-9-29-24-19(26)16-10-15(21)11-23-13(16)2/h4,6,8,10-11,14,29H,3,5,7,9,12H2,1-2H3,(H,24,26). The highest BCUT2D eigenvalue weighted by Crippen LogP contribution is 2.21. The van der Waals surface area contributed by atoms with E-state index < -0.39 is 0 Å². The van der Waals surface area contributed by atoms with E-state index in [1.807, 2.05) is 0 Å². The molecule has 1 N–H and O–H groups in total.